The standard InChI is InChI=1S/C18H18ClFN2O3S/c1-2-18(23)22-9-3-4-12-10-13(5-8-17(12)22)21-26(24,25)14-6-7-16(20)15(19)11-14/h5-8,10-11,21H,2-4,9H2,1H3. The van der Waals surface area contributed by atoms with Crippen LogP contribution in [0.15, 0.2) is 41.3 Å². The van der Waals surface area contributed by atoms with Crippen LogP contribution < -0.4 is 9.62 Å². The van der Waals surface area contributed by atoms with E-state index in [1.54, 1.807) is 23.1 Å². The molecule has 2 aromatic carbocycles. The fourth-order valence-electron chi connectivity index (χ4n) is 2.97. The van der Waals surface area contributed by atoms with Gasteiger partial charge in [-0.1, -0.05) is 18.5 Å². The number of amides is 1. The summed E-state index contributed by atoms with van der Waals surface area (Å²) in [6.07, 6.45) is 2.00. The highest BCUT2D eigenvalue weighted by atomic mass is 35.5. The highest BCUT2D eigenvalue weighted by molar-refractivity contribution is 7.92. The van der Waals surface area contributed by atoms with E-state index in [9.17, 15) is 17.6 Å². The minimum Gasteiger partial charge on any atom is -0.312 e. The number of hydrogen-bond donors (Lipinski definition) is 1. The minimum atomic E-state index is -3.90. The van der Waals surface area contributed by atoms with Gasteiger partial charge in [-0.25, -0.2) is 12.8 Å². The fraction of sp³-hybridized carbons (Fsp3) is 0.278. The van der Waals surface area contributed by atoms with E-state index < -0.39 is 15.8 Å². The first-order valence-electron chi connectivity index (χ1n) is 8.23. The molecule has 1 aliphatic heterocycles. The van der Waals surface area contributed by atoms with E-state index in [2.05, 4.69) is 4.72 Å². The van der Waals surface area contributed by atoms with Crippen LogP contribution >= 0.6 is 11.6 Å². The summed E-state index contributed by atoms with van der Waals surface area (Å²) >= 11 is 5.67. The van der Waals surface area contributed by atoms with Crippen molar-refractivity contribution in [3.8, 4) is 0 Å². The molecule has 1 N–H and O–H groups in total. The lowest BCUT2D eigenvalue weighted by atomic mass is 10.0. The van der Waals surface area contributed by atoms with Gasteiger partial charge in [0.1, 0.15) is 5.82 Å². The topological polar surface area (TPSA) is 66.5 Å². The van der Waals surface area contributed by atoms with Gasteiger partial charge < -0.3 is 4.90 Å². The Kier molecular flexibility index (Phi) is 5.20. The number of aryl methyl sites for hydroxylation is 1. The van der Waals surface area contributed by atoms with Crippen molar-refractivity contribution in [2.45, 2.75) is 31.1 Å². The number of benzene rings is 2. The number of sulfonamides is 1. The van der Waals surface area contributed by atoms with Crippen molar-refractivity contribution < 1.29 is 17.6 Å². The van der Waals surface area contributed by atoms with E-state index in [-0.39, 0.29) is 15.8 Å². The highest BCUT2D eigenvalue weighted by Gasteiger charge is 2.22. The maximum atomic E-state index is 13.3. The second kappa shape index (κ2) is 7.25. The van der Waals surface area contributed by atoms with Gasteiger partial charge >= 0.3 is 0 Å². The van der Waals surface area contributed by atoms with Gasteiger partial charge in [-0.05, 0) is 54.8 Å². The predicted octanol–water partition coefficient (Wildman–Crippen LogP) is 3.97. The van der Waals surface area contributed by atoms with E-state index in [1.807, 2.05) is 6.92 Å². The van der Waals surface area contributed by atoms with Gasteiger partial charge in [0.15, 0.2) is 0 Å². The minimum absolute atomic E-state index is 0.0419. The zero-order chi connectivity index (χ0) is 18.9. The molecule has 0 fully saturated rings. The molecule has 8 heteroatoms. The Bertz CT molecular complexity index is 963. The van der Waals surface area contributed by atoms with Crippen LogP contribution in [0.3, 0.4) is 0 Å². The Hall–Kier alpha value is -2.12. The first-order chi connectivity index (χ1) is 12.3. The number of halogens is 2. The molecule has 0 saturated carbocycles. The Labute approximate surface area is 156 Å². The monoisotopic (exact) mass is 396 g/mol. The average molecular weight is 397 g/mol. The van der Waals surface area contributed by atoms with E-state index in [0.717, 1.165) is 42.3 Å². The zero-order valence-corrected chi connectivity index (χ0v) is 15.7. The van der Waals surface area contributed by atoms with Crippen LogP contribution in [0.25, 0.3) is 0 Å². The van der Waals surface area contributed by atoms with Crippen LogP contribution in [0, 0.1) is 5.82 Å². The molecule has 0 radical (unpaired) electrons. The summed E-state index contributed by atoms with van der Waals surface area (Å²) < 4.78 is 40.7. The number of rotatable bonds is 4. The molecule has 3 rings (SSSR count). The predicted molar refractivity (Wildman–Crippen MR) is 99.6 cm³/mol. The molecule has 0 spiro atoms. The summed E-state index contributed by atoms with van der Waals surface area (Å²) in [5.74, 6) is -0.639. The molecule has 26 heavy (non-hydrogen) atoms. The van der Waals surface area contributed by atoms with Crippen LogP contribution in [-0.4, -0.2) is 20.9 Å². The molecular weight excluding hydrogens is 379 g/mol. The average Bonchev–Trinajstić information content (AvgIpc) is 2.62. The molecular formula is C18H18ClFN2O3S. The number of hydrogen-bond acceptors (Lipinski definition) is 3. The number of carbonyl (C=O) groups is 1. The summed E-state index contributed by atoms with van der Waals surface area (Å²) in [5, 5.41) is -0.257. The quantitative estimate of drug-likeness (QED) is 0.850. The van der Waals surface area contributed by atoms with Crippen LogP contribution in [-0.2, 0) is 21.2 Å². The summed E-state index contributed by atoms with van der Waals surface area (Å²) in [6, 6.07) is 8.33. The fourth-order valence-corrected chi connectivity index (χ4v) is 4.29. The molecule has 0 saturated heterocycles. The second-order valence-corrected chi connectivity index (χ2v) is 8.12. The lowest BCUT2D eigenvalue weighted by molar-refractivity contribution is -0.118. The van der Waals surface area contributed by atoms with E-state index in [0.29, 0.717) is 18.7 Å². The number of fused-ring (bicyclic) bond motifs is 1. The van der Waals surface area contributed by atoms with Gasteiger partial charge in [-0.2, -0.15) is 0 Å². The van der Waals surface area contributed by atoms with E-state index >= 15 is 0 Å². The van der Waals surface area contributed by atoms with E-state index in [1.165, 1.54) is 0 Å². The van der Waals surface area contributed by atoms with Gasteiger partial charge in [0.2, 0.25) is 5.91 Å². The molecule has 1 amide bonds. The summed E-state index contributed by atoms with van der Waals surface area (Å²) in [7, 11) is -3.90. The summed E-state index contributed by atoms with van der Waals surface area (Å²) in [4.78, 5) is 13.7. The number of nitrogens with one attached hydrogen (secondary N) is 1. The number of anilines is 2. The van der Waals surface area contributed by atoms with Crippen molar-refractivity contribution in [1.82, 2.24) is 0 Å². The van der Waals surface area contributed by atoms with Gasteiger partial charge in [-0.15, -0.1) is 0 Å². The first kappa shape index (κ1) is 18.7. The summed E-state index contributed by atoms with van der Waals surface area (Å²) in [5.41, 5.74) is 2.11. The van der Waals surface area contributed by atoms with Gasteiger partial charge in [0.05, 0.1) is 9.92 Å². The molecule has 0 aromatic heterocycles. The van der Waals surface area contributed by atoms with E-state index in [4.69, 9.17) is 11.6 Å². The zero-order valence-electron chi connectivity index (χ0n) is 14.1. The molecule has 1 aliphatic rings. The second-order valence-electron chi connectivity index (χ2n) is 6.03. The molecule has 0 aliphatic carbocycles. The molecule has 2 aromatic rings. The third-order valence-corrected chi connectivity index (χ3v) is 5.92. The van der Waals surface area contributed by atoms with Crippen molar-refractivity contribution in [2.24, 2.45) is 0 Å². The molecule has 0 unspecified atom stereocenters. The van der Waals surface area contributed by atoms with Crippen molar-refractivity contribution in [3.63, 3.8) is 0 Å². The Morgan fingerprint density at radius 2 is 2.04 bits per heavy atom. The van der Waals surface area contributed by atoms with Gasteiger partial charge in [-0.3, -0.25) is 9.52 Å². The summed E-state index contributed by atoms with van der Waals surface area (Å²) in [6.45, 7) is 2.48. The number of carbonyl (C=O) groups excluding carboxylic acids is 1. The molecule has 0 bridgehead atoms. The SMILES string of the molecule is CCC(=O)N1CCCc2cc(NS(=O)(=O)c3ccc(F)c(Cl)c3)ccc21. The molecule has 1 heterocycles. The van der Waals surface area contributed by atoms with Crippen molar-refractivity contribution in [2.75, 3.05) is 16.2 Å². The smallest absolute Gasteiger partial charge is 0.261 e. The van der Waals surface area contributed by atoms with Crippen molar-refractivity contribution in [1.29, 1.82) is 0 Å². The third kappa shape index (κ3) is 3.68. The van der Waals surface area contributed by atoms with Crippen molar-refractivity contribution >= 4 is 38.9 Å². The lowest BCUT2D eigenvalue weighted by Crippen LogP contribution is -2.34. The Balaban J connectivity index is 1.89. The Morgan fingerprint density at radius 1 is 1.27 bits per heavy atom. The molecule has 5 nitrogen and oxygen atoms in total. The maximum Gasteiger partial charge on any atom is 0.261 e. The lowest BCUT2D eigenvalue weighted by Gasteiger charge is -2.29. The molecule has 0 atom stereocenters. The first-order valence-corrected chi connectivity index (χ1v) is 10.1. The third-order valence-electron chi connectivity index (χ3n) is 4.26. The maximum absolute atomic E-state index is 13.3. The molecule has 138 valence electrons. The Morgan fingerprint density at radius 3 is 2.73 bits per heavy atom. The van der Waals surface area contributed by atoms with Gasteiger partial charge in [0, 0.05) is 24.3 Å². The van der Waals surface area contributed by atoms with Crippen LogP contribution in [0.4, 0.5) is 15.8 Å². The normalized spacial score (nSPS) is 14.0. The van der Waals surface area contributed by atoms with Crippen LogP contribution in [0.1, 0.15) is 25.3 Å². The largest absolute Gasteiger partial charge is 0.312 e. The van der Waals surface area contributed by atoms with Crippen LogP contribution in [0.5, 0.6) is 0 Å². The highest BCUT2D eigenvalue weighted by Crippen LogP contribution is 2.31. The van der Waals surface area contributed by atoms with Crippen LogP contribution in [0.2, 0.25) is 5.02 Å². The van der Waals surface area contributed by atoms with Gasteiger partial charge in [0.25, 0.3) is 10.0 Å². The van der Waals surface area contributed by atoms with Crippen molar-refractivity contribution in [3.05, 3.63) is 52.8 Å². The number of nitrogens with zero attached hydrogens (tertiary/aromatic N) is 1.